The second-order valence-corrected chi connectivity index (χ2v) is 5.64. The number of halogens is 1. The molecule has 0 aliphatic heterocycles. The summed E-state index contributed by atoms with van der Waals surface area (Å²) in [5.74, 6) is 0.427. The van der Waals surface area contributed by atoms with Crippen LogP contribution in [0.15, 0.2) is 33.8 Å². The lowest BCUT2D eigenvalue weighted by Gasteiger charge is -2.05. The van der Waals surface area contributed by atoms with Crippen molar-refractivity contribution in [3.05, 3.63) is 41.0 Å². The molecule has 0 unspecified atom stereocenters. The van der Waals surface area contributed by atoms with Crippen LogP contribution in [0, 0.1) is 6.92 Å². The minimum atomic E-state index is -3.71. The van der Waals surface area contributed by atoms with Gasteiger partial charge in [-0.15, -0.1) is 0 Å². The highest BCUT2D eigenvalue weighted by atomic mass is 35.5. The molecule has 6 nitrogen and oxygen atoms in total. The van der Waals surface area contributed by atoms with Crippen molar-refractivity contribution in [1.29, 1.82) is 0 Å². The Morgan fingerprint density at radius 3 is 2.89 bits per heavy atom. The van der Waals surface area contributed by atoms with Gasteiger partial charge in [-0.3, -0.25) is 0 Å². The molecule has 2 aromatic heterocycles. The van der Waals surface area contributed by atoms with Crippen molar-refractivity contribution in [3.63, 3.8) is 0 Å². The summed E-state index contributed by atoms with van der Waals surface area (Å²) in [4.78, 5) is 3.65. The van der Waals surface area contributed by atoms with Crippen LogP contribution in [0.25, 0.3) is 0 Å². The number of nitrogens with zero attached hydrogens (tertiary/aromatic N) is 2. The summed E-state index contributed by atoms with van der Waals surface area (Å²) in [7, 11) is -3.71. The zero-order valence-corrected chi connectivity index (χ0v) is 11.0. The molecule has 1 N–H and O–H groups in total. The molecule has 0 aromatic carbocycles. The predicted molar refractivity (Wildman–Crippen MR) is 64.5 cm³/mol. The Hall–Kier alpha value is -1.44. The number of rotatable bonds is 4. The Morgan fingerprint density at radius 1 is 1.50 bits per heavy atom. The first-order valence-electron chi connectivity index (χ1n) is 5.01. The molecule has 0 fully saturated rings. The number of aromatic nitrogens is 2. The molecule has 0 bridgehead atoms. The number of sulfonamides is 1. The average Bonchev–Trinajstić information content (AvgIpc) is 2.73. The smallest absolute Gasteiger partial charge is 0.244 e. The standard InChI is InChI=1S/C10H10ClN3O3S/c1-7-5-8(17-14-7)6-13-18(15,16)9-3-2-4-12-10(9)11/h2-5,13H,6H2,1H3. The number of hydrogen-bond acceptors (Lipinski definition) is 5. The van der Waals surface area contributed by atoms with Gasteiger partial charge in [-0.05, 0) is 19.1 Å². The molecule has 2 aromatic rings. The molecule has 2 rings (SSSR count). The second kappa shape index (κ2) is 5.05. The molecule has 0 atom stereocenters. The van der Waals surface area contributed by atoms with Gasteiger partial charge in [0.25, 0.3) is 0 Å². The predicted octanol–water partition coefficient (Wildman–Crippen LogP) is 1.51. The van der Waals surface area contributed by atoms with Crippen molar-refractivity contribution in [2.45, 2.75) is 18.4 Å². The van der Waals surface area contributed by atoms with Crippen LogP contribution in [0.1, 0.15) is 11.5 Å². The zero-order chi connectivity index (χ0) is 13.2. The molecule has 0 saturated carbocycles. The van der Waals surface area contributed by atoms with Crippen molar-refractivity contribution < 1.29 is 12.9 Å². The van der Waals surface area contributed by atoms with Gasteiger partial charge in [0, 0.05) is 12.3 Å². The van der Waals surface area contributed by atoms with E-state index in [1.54, 1.807) is 13.0 Å². The minimum absolute atomic E-state index is 0.00833. The van der Waals surface area contributed by atoms with Crippen LogP contribution in [0.2, 0.25) is 5.15 Å². The number of hydrogen-bond donors (Lipinski definition) is 1. The number of aryl methyl sites for hydroxylation is 1. The van der Waals surface area contributed by atoms with Gasteiger partial charge in [0.15, 0.2) is 5.76 Å². The van der Waals surface area contributed by atoms with Gasteiger partial charge in [0.1, 0.15) is 10.0 Å². The van der Waals surface area contributed by atoms with Gasteiger partial charge in [-0.25, -0.2) is 18.1 Å². The van der Waals surface area contributed by atoms with Crippen molar-refractivity contribution >= 4 is 21.6 Å². The monoisotopic (exact) mass is 287 g/mol. The van der Waals surface area contributed by atoms with Gasteiger partial charge in [0.2, 0.25) is 10.0 Å². The molecule has 0 spiro atoms. The van der Waals surface area contributed by atoms with Crippen molar-refractivity contribution in [3.8, 4) is 0 Å². The maximum atomic E-state index is 11.9. The first kappa shape index (κ1) is 13.0. The first-order chi connectivity index (χ1) is 8.49. The Balaban J connectivity index is 2.16. The van der Waals surface area contributed by atoms with Crippen LogP contribution >= 0.6 is 11.6 Å². The summed E-state index contributed by atoms with van der Waals surface area (Å²) in [6, 6.07) is 4.52. The normalized spacial score (nSPS) is 11.7. The minimum Gasteiger partial charge on any atom is -0.360 e. The van der Waals surface area contributed by atoms with E-state index in [0.717, 1.165) is 0 Å². The lowest BCUT2D eigenvalue weighted by molar-refractivity contribution is 0.377. The fourth-order valence-electron chi connectivity index (χ4n) is 1.32. The maximum absolute atomic E-state index is 11.9. The van der Waals surface area contributed by atoms with Crippen LogP contribution in [-0.2, 0) is 16.6 Å². The number of pyridine rings is 1. The van der Waals surface area contributed by atoms with Gasteiger partial charge in [0.05, 0.1) is 12.2 Å². The molecule has 0 aliphatic rings. The van der Waals surface area contributed by atoms with Gasteiger partial charge >= 0.3 is 0 Å². The third-order valence-corrected chi connectivity index (χ3v) is 3.97. The highest BCUT2D eigenvalue weighted by Crippen LogP contribution is 2.17. The van der Waals surface area contributed by atoms with E-state index in [4.69, 9.17) is 16.1 Å². The lowest BCUT2D eigenvalue weighted by Crippen LogP contribution is -2.23. The summed E-state index contributed by atoms with van der Waals surface area (Å²) in [5, 5.41) is 3.59. The summed E-state index contributed by atoms with van der Waals surface area (Å²) in [6.45, 7) is 1.76. The molecule has 0 saturated heterocycles. The second-order valence-electron chi connectivity index (χ2n) is 3.55. The Morgan fingerprint density at radius 2 is 2.28 bits per heavy atom. The molecule has 8 heteroatoms. The van der Waals surface area contributed by atoms with Crippen LogP contribution in [0.4, 0.5) is 0 Å². The topological polar surface area (TPSA) is 85.1 Å². The molecule has 18 heavy (non-hydrogen) atoms. The summed E-state index contributed by atoms with van der Waals surface area (Å²) in [5.41, 5.74) is 0.684. The average molecular weight is 288 g/mol. The van der Waals surface area contributed by atoms with E-state index in [1.165, 1.54) is 18.3 Å². The molecule has 96 valence electrons. The lowest BCUT2D eigenvalue weighted by atomic mass is 10.4. The van der Waals surface area contributed by atoms with Crippen LogP contribution in [0.3, 0.4) is 0 Å². The van der Waals surface area contributed by atoms with E-state index in [1.807, 2.05) is 0 Å². The van der Waals surface area contributed by atoms with Gasteiger partial charge in [-0.1, -0.05) is 16.8 Å². The highest BCUT2D eigenvalue weighted by Gasteiger charge is 2.18. The van der Waals surface area contributed by atoms with E-state index < -0.39 is 10.0 Å². The van der Waals surface area contributed by atoms with Crippen molar-refractivity contribution in [2.24, 2.45) is 0 Å². The van der Waals surface area contributed by atoms with Crippen molar-refractivity contribution in [1.82, 2.24) is 14.9 Å². The maximum Gasteiger partial charge on any atom is 0.244 e. The molecule has 0 amide bonds. The van der Waals surface area contributed by atoms with E-state index >= 15 is 0 Å². The molecule has 2 heterocycles. The van der Waals surface area contributed by atoms with E-state index in [0.29, 0.717) is 11.5 Å². The zero-order valence-electron chi connectivity index (χ0n) is 9.42. The third-order valence-electron chi connectivity index (χ3n) is 2.13. The van der Waals surface area contributed by atoms with Crippen molar-refractivity contribution in [2.75, 3.05) is 0 Å². The fourth-order valence-corrected chi connectivity index (χ4v) is 2.76. The SMILES string of the molecule is Cc1cc(CNS(=O)(=O)c2cccnc2Cl)on1. The first-order valence-corrected chi connectivity index (χ1v) is 6.87. The van der Waals surface area contributed by atoms with E-state index in [2.05, 4.69) is 14.9 Å². The summed E-state index contributed by atoms with van der Waals surface area (Å²) >= 11 is 5.73. The summed E-state index contributed by atoms with van der Waals surface area (Å²) in [6.07, 6.45) is 1.42. The highest BCUT2D eigenvalue weighted by molar-refractivity contribution is 7.89. The fraction of sp³-hybridized carbons (Fsp3) is 0.200. The summed E-state index contributed by atoms with van der Waals surface area (Å²) < 4.78 is 31.1. The Bertz CT molecular complexity index is 654. The van der Waals surface area contributed by atoms with E-state index in [9.17, 15) is 8.42 Å². The Labute approximate surface area is 109 Å². The molecule has 0 radical (unpaired) electrons. The van der Waals surface area contributed by atoms with Crippen LogP contribution in [-0.4, -0.2) is 18.6 Å². The quantitative estimate of drug-likeness (QED) is 0.862. The van der Waals surface area contributed by atoms with Gasteiger partial charge < -0.3 is 4.52 Å². The molecule has 0 aliphatic carbocycles. The molecular formula is C10H10ClN3O3S. The molecular weight excluding hydrogens is 278 g/mol. The van der Waals surface area contributed by atoms with Gasteiger partial charge in [-0.2, -0.15) is 0 Å². The van der Waals surface area contributed by atoms with Crippen LogP contribution in [0.5, 0.6) is 0 Å². The van der Waals surface area contributed by atoms with Crippen LogP contribution < -0.4 is 4.72 Å². The third kappa shape index (κ3) is 2.87. The van der Waals surface area contributed by atoms with E-state index in [-0.39, 0.29) is 16.6 Å². The Kier molecular flexibility index (Phi) is 3.65. The largest absolute Gasteiger partial charge is 0.360 e. The number of nitrogens with one attached hydrogen (secondary N) is 1.